The number of hydrogen-bond acceptors (Lipinski definition) is 1. The molecule has 1 atom stereocenters. The summed E-state index contributed by atoms with van der Waals surface area (Å²) in [5, 5.41) is 0. The molecule has 0 amide bonds. The predicted molar refractivity (Wildman–Crippen MR) is 38.4 cm³/mol. The number of halogens is 3. The van der Waals surface area contributed by atoms with Crippen LogP contribution < -0.4 is 0 Å². The molecule has 0 aliphatic heterocycles. The van der Waals surface area contributed by atoms with E-state index in [0.29, 0.717) is 5.76 Å². The van der Waals surface area contributed by atoms with Gasteiger partial charge in [-0.3, -0.25) is 0 Å². The minimum atomic E-state index is -4.13. The van der Waals surface area contributed by atoms with Crippen LogP contribution in [0.2, 0.25) is 0 Å². The van der Waals surface area contributed by atoms with Crippen LogP contribution in [0.15, 0.2) is 24.0 Å². The highest BCUT2D eigenvalue weighted by atomic mass is 19.4. The Morgan fingerprint density at radius 2 is 2.17 bits per heavy atom. The fraction of sp³-hybridized carbons (Fsp3) is 0.500. The van der Waals surface area contributed by atoms with Crippen molar-refractivity contribution in [2.24, 2.45) is 5.92 Å². The third kappa shape index (κ3) is 2.03. The standard InChI is InChI=1S/C8H9F3O/c1-12-7-4-2-6(3-5-7)8(9,10)11/h2,4-6H,3H2,1H3. The van der Waals surface area contributed by atoms with Gasteiger partial charge in [-0.2, -0.15) is 13.2 Å². The van der Waals surface area contributed by atoms with Crippen LogP contribution >= 0.6 is 0 Å². The molecule has 1 unspecified atom stereocenters. The zero-order valence-corrected chi connectivity index (χ0v) is 6.56. The van der Waals surface area contributed by atoms with Crippen molar-refractivity contribution >= 4 is 0 Å². The molecule has 0 aromatic heterocycles. The number of methoxy groups -OCH3 is 1. The third-order valence-electron chi connectivity index (χ3n) is 1.72. The van der Waals surface area contributed by atoms with Gasteiger partial charge >= 0.3 is 6.18 Å². The molecule has 1 aliphatic carbocycles. The summed E-state index contributed by atoms with van der Waals surface area (Å²) in [4.78, 5) is 0. The lowest BCUT2D eigenvalue weighted by Crippen LogP contribution is -2.21. The monoisotopic (exact) mass is 178 g/mol. The molecule has 0 fully saturated rings. The molecule has 0 aromatic rings. The summed E-state index contributed by atoms with van der Waals surface area (Å²) in [5.74, 6) is -0.855. The Kier molecular flexibility index (Phi) is 2.45. The van der Waals surface area contributed by atoms with E-state index < -0.39 is 12.1 Å². The van der Waals surface area contributed by atoms with Crippen molar-refractivity contribution in [1.29, 1.82) is 0 Å². The normalized spacial score (nSPS) is 23.7. The van der Waals surface area contributed by atoms with Crippen LogP contribution in [0.25, 0.3) is 0 Å². The van der Waals surface area contributed by atoms with E-state index in [-0.39, 0.29) is 6.42 Å². The van der Waals surface area contributed by atoms with Crippen molar-refractivity contribution in [3.63, 3.8) is 0 Å². The summed E-state index contributed by atoms with van der Waals surface area (Å²) < 4.78 is 40.9. The van der Waals surface area contributed by atoms with Crippen LogP contribution in [0, 0.1) is 5.92 Å². The first-order valence-corrected chi connectivity index (χ1v) is 3.53. The van der Waals surface area contributed by atoms with Crippen LogP contribution in [-0.4, -0.2) is 13.3 Å². The minimum Gasteiger partial charge on any atom is -0.497 e. The van der Waals surface area contributed by atoms with E-state index in [1.165, 1.54) is 19.3 Å². The lowest BCUT2D eigenvalue weighted by atomic mass is 10.00. The lowest BCUT2D eigenvalue weighted by molar-refractivity contribution is -0.160. The number of alkyl halides is 3. The Balaban J connectivity index is 2.60. The third-order valence-corrected chi connectivity index (χ3v) is 1.72. The molecular formula is C8H9F3O. The Labute approximate surface area is 68.5 Å². The quantitative estimate of drug-likeness (QED) is 0.599. The van der Waals surface area contributed by atoms with Gasteiger partial charge in [-0.25, -0.2) is 0 Å². The highest BCUT2D eigenvalue weighted by Gasteiger charge is 2.37. The molecule has 0 radical (unpaired) electrons. The molecule has 1 rings (SSSR count). The van der Waals surface area contributed by atoms with Crippen molar-refractivity contribution in [1.82, 2.24) is 0 Å². The summed E-state index contributed by atoms with van der Waals surface area (Å²) in [6.45, 7) is 0. The molecule has 1 aliphatic rings. The Morgan fingerprint density at radius 3 is 2.50 bits per heavy atom. The predicted octanol–water partition coefficient (Wildman–Crippen LogP) is 2.66. The molecule has 0 bridgehead atoms. The van der Waals surface area contributed by atoms with Crippen molar-refractivity contribution < 1.29 is 17.9 Å². The van der Waals surface area contributed by atoms with Crippen LogP contribution in [0.1, 0.15) is 6.42 Å². The molecular weight excluding hydrogens is 169 g/mol. The molecule has 1 nitrogen and oxygen atoms in total. The van der Waals surface area contributed by atoms with Gasteiger partial charge in [0.05, 0.1) is 13.0 Å². The maximum atomic E-state index is 12.1. The van der Waals surface area contributed by atoms with E-state index in [9.17, 15) is 13.2 Å². The molecule has 0 heterocycles. The van der Waals surface area contributed by atoms with Gasteiger partial charge < -0.3 is 4.74 Å². The fourth-order valence-corrected chi connectivity index (χ4v) is 0.995. The highest BCUT2D eigenvalue weighted by molar-refractivity contribution is 5.19. The molecule has 0 saturated heterocycles. The van der Waals surface area contributed by atoms with E-state index in [2.05, 4.69) is 0 Å². The summed E-state index contributed by atoms with van der Waals surface area (Å²) in [6, 6.07) is 0. The second-order valence-corrected chi connectivity index (χ2v) is 2.55. The van der Waals surface area contributed by atoms with Crippen LogP contribution in [0.4, 0.5) is 13.2 Å². The Morgan fingerprint density at radius 1 is 1.50 bits per heavy atom. The molecule has 4 heteroatoms. The summed E-state index contributed by atoms with van der Waals surface area (Å²) in [5.41, 5.74) is 0. The number of ether oxygens (including phenoxy) is 1. The molecule has 12 heavy (non-hydrogen) atoms. The van der Waals surface area contributed by atoms with Crippen LogP contribution in [0.5, 0.6) is 0 Å². The second-order valence-electron chi connectivity index (χ2n) is 2.55. The fourth-order valence-electron chi connectivity index (χ4n) is 0.995. The van der Waals surface area contributed by atoms with Crippen LogP contribution in [-0.2, 0) is 4.74 Å². The first kappa shape index (κ1) is 9.16. The van der Waals surface area contributed by atoms with Crippen molar-refractivity contribution in [2.45, 2.75) is 12.6 Å². The Hall–Kier alpha value is -0.930. The average molecular weight is 178 g/mol. The van der Waals surface area contributed by atoms with Crippen molar-refractivity contribution in [2.75, 3.05) is 7.11 Å². The topological polar surface area (TPSA) is 9.23 Å². The lowest BCUT2D eigenvalue weighted by Gasteiger charge is -2.18. The van der Waals surface area contributed by atoms with Gasteiger partial charge in [0.25, 0.3) is 0 Å². The maximum absolute atomic E-state index is 12.1. The number of rotatable bonds is 1. The van der Waals surface area contributed by atoms with Gasteiger partial charge in [0.2, 0.25) is 0 Å². The van der Waals surface area contributed by atoms with Gasteiger partial charge in [0, 0.05) is 0 Å². The molecule has 0 N–H and O–H groups in total. The molecule has 0 aromatic carbocycles. The van der Waals surface area contributed by atoms with Crippen LogP contribution in [0.3, 0.4) is 0 Å². The SMILES string of the molecule is COC1=CCC(C(F)(F)F)C=C1. The van der Waals surface area contributed by atoms with E-state index in [1.807, 2.05) is 0 Å². The largest absolute Gasteiger partial charge is 0.497 e. The van der Waals surface area contributed by atoms with Gasteiger partial charge in [-0.15, -0.1) is 0 Å². The maximum Gasteiger partial charge on any atom is 0.395 e. The molecule has 68 valence electrons. The summed E-state index contributed by atoms with van der Waals surface area (Å²) in [6.07, 6.45) is -0.242. The minimum absolute atomic E-state index is 0.0246. The average Bonchev–Trinajstić information content (AvgIpc) is 2.03. The van der Waals surface area contributed by atoms with Crippen molar-refractivity contribution in [3.05, 3.63) is 24.0 Å². The first-order valence-electron chi connectivity index (χ1n) is 3.53. The number of hydrogen-bond donors (Lipinski definition) is 0. The Bertz CT molecular complexity index is 215. The van der Waals surface area contributed by atoms with Gasteiger partial charge in [0.15, 0.2) is 0 Å². The van der Waals surface area contributed by atoms with E-state index in [0.717, 1.165) is 6.08 Å². The molecule has 0 spiro atoms. The zero-order chi connectivity index (χ0) is 9.19. The highest BCUT2D eigenvalue weighted by Crippen LogP contribution is 2.32. The second kappa shape index (κ2) is 3.21. The van der Waals surface area contributed by atoms with E-state index >= 15 is 0 Å². The van der Waals surface area contributed by atoms with Gasteiger partial charge in [0.1, 0.15) is 5.76 Å². The summed E-state index contributed by atoms with van der Waals surface area (Å²) in [7, 11) is 1.43. The zero-order valence-electron chi connectivity index (χ0n) is 6.56. The summed E-state index contributed by atoms with van der Waals surface area (Å²) >= 11 is 0. The number of allylic oxidation sites excluding steroid dienone is 3. The van der Waals surface area contributed by atoms with Gasteiger partial charge in [-0.05, 0) is 18.6 Å². The smallest absolute Gasteiger partial charge is 0.395 e. The van der Waals surface area contributed by atoms with Crippen molar-refractivity contribution in [3.8, 4) is 0 Å². The van der Waals surface area contributed by atoms with Gasteiger partial charge in [-0.1, -0.05) is 6.08 Å². The van der Waals surface area contributed by atoms with E-state index in [4.69, 9.17) is 4.74 Å². The first-order chi connectivity index (χ1) is 5.54. The van der Waals surface area contributed by atoms with E-state index in [1.54, 1.807) is 0 Å². The molecule has 0 saturated carbocycles.